The summed E-state index contributed by atoms with van der Waals surface area (Å²) < 4.78 is 10.7. The van der Waals surface area contributed by atoms with Crippen LogP contribution in [0.4, 0.5) is 0 Å². The lowest BCUT2D eigenvalue weighted by molar-refractivity contribution is 0.0441. The Hall–Kier alpha value is -0.970. The first-order valence-electron chi connectivity index (χ1n) is 6.72. The molecule has 1 N–H and O–H groups in total. The summed E-state index contributed by atoms with van der Waals surface area (Å²) >= 11 is 0. The van der Waals surface area contributed by atoms with Gasteiger partial charge in [-0.15, -0.1) is 0 Å². The van der Waals surface area contributed by atoms with Crippen molar-refractivity contribution in [2.75, 3.05) is 19.8 Å². The van der Waals surface area contributed by atoms with Gasteiger partial charge in [0.25, 0.3) is 0 Å². The fourth-order valence-corrected chi connectivity index (χ4v) is 1.68. The summed E-state index contributed by atoms with van der Waals surface area (Å²) in [7, 11) is 0. The van der Waals surface area contributed by atoms with Crippen molar-refractivity contribution >= 4 is 0 Å². The zero-order chi connectivity index (χ0) is 12.6. The lowest BCUT2D eigenvalue weighted by Crippen LogP contribution is -2.16. The standard InChI is InChI=1S/C14H22N2O2/c1-2-17-8-9-18-11-14-5-3-4-13(16-14)10-15-12-6-7-12/h3-5,12,15H,2,6-11H2,1H3. The largest absolute Gasteiger partial charge is 0.379 e. The highest BCUT2D eigenvalue weighted by Gasteiger charge is 2.20. The van der Waals surface area contributed by atoms with Crippen molar-refractivity contribution in [3.8, 4) is 0 Å². The van der Waals surface area contributed by atoms with E-state index < -0.39 is 0 Å². The van der Waals surface area contributed by atoms with Crippen molar-refractivity contribution < 1.29 is 9.47 Å². The summed E-state index contributed by atoms with van der Waals surface area (Å²) in [5.74, 6) is 0. The molecule has 0 bridgehead atoms. The highest BCUT2D eigenvalue weighted by Crippen LogP contribution is 2.19. The van der Waals surface area contributed by atoms with Gasteiger partial charge in [0, 0.05) is 19.2 Å². The molecule has 0 atom stereocenters. The van der Waals surface area contributed by atoms with E-state index in [1.165, 1.54) is 12.8 Å². The van der Waals surface area contributed by atoms with Gasteiger partial charge < -0.3 is 14.8 Å². The Morgan fingerprint density at radius 1 is 1.22 bits per heavy atom. The maximum Gasteiger partial charge on any atom is 0.0889 e. The van der Waals surface area contributed by atoms with E-state index in [2.05, 4.69) is 16.4 Å². The molecule has 0 radical (unpaired) electrons. The molecule has 1 saturated carbocycles. The molecule has 0 saturated heterocycles. The van der Waals surface area contributed by atoms with Crippen LogP contribution in [0.25, 0.3) is 0 Å². The predicted molar refractivity (Wildman–Crippen MR) is 70.2 cm³/mol. The monoisotopic (exact) mass is 250 g/mol. The molecule has 1 heterocycles. The van der Waals surface area contributed by atoms with Crippen LogP contribution in [0.3, 0.4) is 0 Å². The van der Waals surface area contributed by atoms with Gasteiger partial charge in [0.15, 0.2) is 0 Å². The van der Waals surface area contributed by atoms with Gasteiger partial charge in [-0.1, -0.05) is 6.07 Å². The Labute approximate surface area is 109 Å². The zero-order valence-corrected chi connectivity index (χ0v) is 11.0. The van der Waals surface area contributed by atoms with E-state index in [0.717, 1.165) is 30.6 Å². The van der Waals surface area contributed by atoms with Gasteiger partial charge in [-0.25, -0.2) is 0 Å². The van der Waals surface area contributed by atoms with Crippen molar-refractivity contribution in [3.05, 3.63) is 29.6 Å². The Kier molecular flexibility index (Phi) is 5.58. The van der Waals surface area contributed by atoms with Crippen molar-refractivity contribution in [3.63, 3.8) is 0 Å². The minimum Gasteiger partial charge on any atom is -0.379 e. The van der Waals surface area contributed by atoms with E-state index in [-0.39, 0.29) is 0 Å². The molecule has 1 fully saturated rings. The van der Waals surface area contributed by atoms with E-state index >= 15 is 0 Å². The molecule has 100 valence electrons. The molecule has 0 amide bonds. The molecule has 4 heteroatoms. The first kappa shape index (κ1) is 13.5. The van der Waals surface area contributed by atoms with Crippen LogP contribution in [-0.2, 0) is 22.6 Å². The smallest absolute Gasteiger partial charge is 0.0889 e. The maximum absolute atomic E-state index is 5.51. The molecule has 1 aliphatic carbocycles. The fourth-order valence-electron chi connectivity index (χ4n) is 1.68. The van der Waals surface area contributed by atoms with Gasteiger partial charge in [0.2, 0.25) is 0 Å². The molecule has 1 aromatic rings. The summed E-state index contributed by atoms with van der Waals surface area (Å²) in [4.78, 5) is 4.56. The number of hydrogen-bond acceptors (Lipinski definition) is 4. The summed E-state index contributed by atoms with van der Waals surface area (Å²) in [6.07, 6.45) is 2.61. The predicted octanol–water partition coefficient (Wildman–Crippen LogP) is 1.89. The Bertz CT molecular complexity index is 353. The molecule has 18 heavy (non-hydrogen) atoms. The third kappa shape index (κ3) is 5.12. The Morgan fingerprint density at radius 3 is 2.78 bits per heavy atom. The van der Waals surface area contributed by atoms with Crippen LogP contribution in [0.5, 0.6) is 0 Å². The van der Waals surface area contributed by atoms with Crippen LogP contribution in [-0.4, -0.2) is 30.8 Å². The van der Waals surface area contributed by atoms with Gasteiger partial charge in [-0.05, 0) is 31.9 Å². The van der Waals surface area contributed by atoms with Crippen molar-refractivity contribution in [2.45, 2.75) is 39.0 Å². The van der Waals surface area contributed by atoms with Gasteiger partial charge in [0.1, 0.15) is 0 Å². The van der Waals surface area contributed by atoms with Crippen LogP contribution >= 0.6 is 0 Å². The molecular formula is C14H22N2O2. The Balaban J connectivity index is 1.68. The molecule has 1 aliphatic rings. The second-order valence-electron chi connectivity index (χ2n) is 4.52. The van der Waals surface area contributed by atoms with Crippen LogP contribution < -0.4 is 5.32 Å². The maximum atomic E-state index is 5.51. The fraction of sp³-hybridized carbons (Fsp3) is 0.643. The Morgan fingerprint density at radius 2 is 2.00 bits per heavy atom. The van der Waals surface area contributed by atoms with Gasteiger partial charge in [-0.3, -0.25) is 4.98 Å². The van der Waals surface area contributed by atoms with E-state index in [9.17, 15) is 0 Å². The van der Waals surface area contributed by atoms with Crippen LogP contribution in [0, 0.1) is 0 Å². The molecular weight excluding hydrogens is 228 g/mol. The molecule has 0 aliphatic heterocycles. The minimum absolute atomic E-state index is 0.560. The van der Waals surface area contributed by atoms with Gasteiger partial charge in [0.05, 0.1) is 31.2 Å². The topological polar surface area (TPSA) is 43.4 Å². The third-order valence-electron chi connectivity index (χ3n) is 2.84. The van der Waals surface area contributed by atoms with Crippen molar-refractivity contribution in [1.29, 1.82) is 0 Å². The van der Waals surface area contributed by atoms with Crippen molar-refractivity contribution in [1.82, 2.24) is 10.3 Å². The molecule has 0 aromatic carbocycles. The van der Waals surface area contributed by atoms with Crippen LogP contribution in [0.2, 0.25) is 0 Å². The third-order valence-corrected chi connectivity index (χ3v) is 2.84. The first-order chi connectivity index (χ1) is 8.88. The number of rotatable bonds is 9. The SMILES string of the molecule is CCOCCOCc1cccc(CNC2CC2)n1. The molecule has 0 spiro atoms. The lowest BCUT2D eigenvalue weighted by atomic mass is 10.3. The minimum atomic E-state index is 0.560. The summed E-state index contributed by atoms with van der Waals surface area (Å²) in [6, 6.07) is 6.82. The molecule has 0 unspecified atom stereocenters. The normalized spacial score (nSPS) is 14.9. The zero-order valence-electron chi connectivity index (χ0n) is 11.0. The summed E-state index contributed by atoms with van der Waals surface area (Å²) in [6.45, 7) is 5.42. The second kappa shape index (κ2) is 7.46. The number of nitrogens with zero attached hydrogens (tertiary/aromatic N) is 1. The molecule has 4 nitrogen and oxygen atoms in total. The molecule has 2 rings (SSSR count). The lowest BCUT2D eigenvalue weighted by Gasteiger charge is -2.06. The average Bonchev–Trinajstić information content (AvgIpc) is 3.21. The van der Waals surface area contributed by atoms with Gasteiger partial charge in [-0.2, -0.15) is 0 Å². The number of nitrogens with one attached hydrogen (secondary N) is 1. The summed E-state index contributed by atoms with van der Waals surface area (Å²) in [5, 5.41) is 3.46. The number of ether oxygens (including phenoxy) is 2. The quantitative estimate of drug-likeness (QED) is 0.680. The van der Waals surface area contributed by atoms with Gasteiger partial charge >= 0.3 is 0 Å². The summed E-state index contributed by atoms with van der Waals surface area (Å²) in [5.41, 5.74) is 2.08. The second-order valence-corrected chi connectivity index (χ2v) is 4.52. The molecule has 1 aromatic heterocycles. The van der Waals surface area contributed by atoms with E-state index in [1.807, 2.05) is 19.1 Å². The highest BCUT2D eigenvalue weighted by atomic mass is 16.5. The van der Waals surface area contributed by atoms with Crippen molar-refractivity contribution in [2.24, 2.45) is 0 Å². The van der Waals surface area contributed by atoms with E-state index in [0.29, 0.717) is 19.8 Å². The average molecular weight is 250 g/mol. The van der Waals surface area contributed by atoms with Crippen LogP contribution in [0.15, 0.2) is 18.2 Å². The van der Waals surface area contributed by atoms with Crippen LogP contribution in [0.1, 0.15) is 31.2 Å². The van der Waals surface area contributed by atoms with E-state index in [4.69, 9.17) is 9.47 Å². The van der Waals surface area contributed by atoms with E-state index in [1.54, 1.807) is 0 Å². The number of aromatic nitrogens is 1. The first-order valence-corrected chi connectivity index (χ1v) is 6.72. The highest BCUT2D eigenvalue weighted by molar-refractivity contribution is 5.10. The number of pyridine rings is 1. The number of hydrogen-bond donors (Lipinski definition) is 1.